The van der Waals surface area contributed by atoms with Gasteiger partial charge in [-0.15, -0.1) is 0 Å². The second-order valence-electron chi connectivity index (χ2n) is 6.12. The van der Waals surface area contributed by atoms with Crippen LogP contribution in [0.15, 0.2) is 30.3 Å². The number of amides is 1. The van der Waals surface area contributed by atoms with Crippen molar-refractivity contribution in [2.75, 3.05) is 31.1 Å². The smallest absolute Gasteiger partial charge is 0.223 e. The number of piperazine rings is 1. The highest BCUT2D eigenvalue weighted by Crippen LogP contribution is 2.17. The quantitative estimate of drug-likeness (QED) is 0.942. The van der Waals surface area contributed by atoms with Gasteiger partial charge in [-0.25, -0.2) is 0 Å². The minimum absolute atomic E-state index is 0.248. The molecule has 23 heavy (non-hydrogen) atoms. The van der Waals surface area contributed by atoms with Crippen molar-refractivity contribution in [3.05, 3.63) is 47.3 Å². The zero-order valence-corrected chi connectivity index (χ0v) is 13.9. The monoisotopic (exact) mass is 312 g/mol. The molecule has 0 atom stereocenters. The zero-order valence-electron chi connectivity index (χ0n) is 13.9. The lowest BCUT2D eigenvalue weighted by Crippen LogP contribution is -2.48. The fraction of sp³-hybridized carbons (Fsp3) is 0.444. The first-order chi connectivity index (χ1) is 11.1. The Bertz CT molecular complexity index is 637. The Kier molecular flexibility index (Phi) is 4.65. The van der Waals surface area contributed by atoms with Crippen LogP contribution >= 0.6 is 0 Å². The third-order valence-electron chi connectivity index (χ3n) is 4.62. The number of benzene rings is 1. The normalized spacial score (nSPS) is 15.0. The number of nitrogens with one attached hydrogen (secondary N) is 1. The number of carbonyl (C=O) groups is 1. The first-order valence-corrected chi connectivity index (χ1v) is 8.23. The lowest BCUT2D eigenvalue weighted by Gasteiger charge is -2.36. The molecule has 2 heterocycles. The fourth-order valence-corrected chi connectivity index (χ4v) is 3.19. The lowest BCUT2D eigenvalue weighted by molar-refractivity contribution is -0.131. The number of anilines is 1. The van der Waals surface area contributed by atoms with E-state index >= 15 is 0 Å². The van der Waals surface area contributed by atoms with Gasteiger partial charge in [0.2, 0.25) is 5.91 Å². The highest BCUT2D eigenvalue weighted by molar-refractivity contribution is 5.77. The molecule has 0 bridgehead atoms. The molecule has 1 N–H and O–H groups in total. The topological polar surface area (TPSA) is 52.2 Å². The summed E-state index contributed by atoms with van der Waals surface area (Å²) in [6.45, 7) is 7.41. The van der Waals surface area contributed by atoms with Crippen LogP contribution < -0.4 is 4.90 Å². The Morgan fingerprint density at radius 3 is 2.43 bits per heavy atom. The number of hydrogen-bond donors (Lipinski definition) is 1. The predicted molar refractivity (Wildman–Crippen MR) is 91.6 cm³/mol. The third kappa shape index (κ3) is 3.55. The summed E-state index contributed by atoms with van der Waals surface area (Å²) in [6.07, 6.45) is 1.33. The van der Waals surface area contributed by atoms with Gasteiger partial charge in [-0.3, -0.25) is 9.89 Å². The molecule has 1 aromatic heterocycles. The van der Waals surface area contributed by atoms with Crippen molar-refractivity contribution in [3.8, 4) is 0 Å². The summed E-state index contributed by atoms with van der Waals surface area (Å²) in [5, 5.41) is 7.18. The Hall–Kier alpha value is -2.30. The fourth-order valence-electron chi connectivity index (χ4n) is 3.19. The molecule has 0 unspecified atom stereocenters. The van der Waals surface area contributed by atoms with E-state index in [1.807, 2.05) is 24.8 Å². The number of aromatic nitrogens is 2. The Labute approximate surface area is 137 Å². The zero-order chi connectivity index (χ0) is 16.2. The summed E-state index contributed by atoms with van der Waals surface area (Å²) < 4.78 is 0. The van der Waals surface area contributed by atoms with Gasteiger partial charge in [-0.05, 0) is 38.0 Å². The van der Waals surface area contributed by atoms with Crippen molar-refractivity contribution in [2.24, 2.45) is 0 Å². The first-order valence-electron chi connectivity index (χ1n) is 8.23. The minimum Gasteiger partial charge on any atom is -0.368 e. The Morgan fingerprint density at radius 2 is 1.83 bits per heavy atom. The number of H-pyrrole nitrogens is 1. The van der Waals surface area contributed by atoms with Crippen LogP contribution in [0.4, 0.5) is 5.69 Å². The van der Waals surface area contributed by atoms with Gasteiger partial charge >= 0.3 is 0 Å². The van der Waals surface area contributed by atoms with Crippen LogP contribution in [0.25, 0.3) is 0 Å². The molecular weight excluding hydrogens is 288 g/mol. The predicted octanol–water partition coefficient (Wildman–Crippen LogP) is 2.31. The van der Waals surface area contributed by atoms with Gasteiger partial charge in [-0.1, -0.05) is 18.2 Å². The van der Waals surface area contributed by atoms with E-state index in [-0.39, 0.29) is 5.91 Å². The number of aryl methyl sites for hydroxylation is 2. The average molecular weight is 312 g/mol. The number of aromatic amines is 1. The number of para-hydroxylation sites is 1. The molecule has 0 radical (unpaired) electrons. The highest BCUT2D eigenvalue weighted by atomic mass is 16.2. The summed E-state index contributed by atoms with van der Waals surface area (Å²) in [5.74, 6) is 0.248. The third-order valence-corrected chi connectivity index (χ3v) is 4.62. The van der Waals surface area contributed by atoms with Gasteiger partial charge in [0.05, 0.1) is 5.69 Å². The van der Waals surface area contributed by atoms with Crippen LogP contribution in [-0.4, -0.2) is 47.2 Å². The van der Waals surface area contributed by atoms with Crippen LogP contribution in [-0.2, 0) is 11.2 Å². The maximum Gasteiger partial charge on any atom is 0.223 e. The summed E-state index contributed by atoms with van der Waals surface area (Å²) in [6, 6.07) is 10.4. The summed E-state index contributed by atoms with van der Waals surface area (Å²) in [4.78, 5) is 16.8. The average Bonchev–Trinajstić information content (AvgIpc) is 2.92. The molecule has 0 aliphatic carbocycles. The van der Waals surface area contributed by atoms with Crippen molar-refractivity contribution >= 4 is 11.6 Å². The molecule has 1 fully saturated rings. The van der Waals surface area contributed by atoms with E-state index in [2.05, 4.69) is 39.4 Å². The molecule has 1 amide bonds. The van der Waals surface area contributed by atoms with Gasteiger partial charge in [0, 0.05) is 44.0 Å². The van der Waals surface area contributed by atoms with E-state index in [1.165, 1.54) is 11.3 Å². The van der Waals surface area contributed by atoms with Crippen molar-refractivity contribution < 1.29 is 4.79 Å². The first kappa shape index (κ1) is 15.6. The van der Waals surface area contributed by atoms with Gasteiger partial charge in [0.1, 0.15) is 0 Å². The molecule has 0 spiro atoms. The molecule has 1 aromatic carbocycles. The number of rotatable bonds is 4. The molecule has 2 aromatic rings. The molecule has 5 heteroatoms. The molecule has 3 rings (SSSR count). The number of carbonyl (C=O) groups excluding carboxylic acids is 1. The largest absolute Gasteiger partial charge is 0.368 e. The van der Waals surface area contributed by atoms with E-state index in [0.717, 1.165) is 44.0 Å². The Morgan fingerprint density at radius 1 is 1.13 bits per heavy atom. The second-order valence-corrected chi connectivity index (χ2v) is 6.12. The lowest BCUT2D eigenvalue weighted by atomic mass is 10.1. The molecule has 1 saturated heterocycles. The van der Waals surface area contributed by atoms with Crippen molar-refractivity contribution in [1.29, 1.82) is 0 Å². The van der Waals surface area contributed by atoms with Gasteiger partial charge in [-0.2, -0.15) is 5.10 Å². The van der Waals surface area contributed by atoms with Crippen molar-refractivity contribution in [1.82, 2.24) is 15.1 Å². The van der Waals surface area contributed by atoms with Crippen LogP contribution in [0.5, 0.6) is 0 Å². The molecule has 1 aliphatic heterocycles. The van der Waals surface area contributed by atoms with Gasteiger partial charge in [0.25, 0.3) is 0 Å². The van der Waals surface area contributed by atoms with E-state index in [9.17, 15) is 4.79 Å². The summed E-state index contributed by atoms with van der Waals surface area (Å²) in [7, 11) is 0. The second kappa shape index (κ2) is 6.86. The van der Waals surface area contributed by atoms with E-state index in [0.29, 0.717) is 6.42 Å². The van der Waals surface area contributed by atoms with E-state index in [1.54, 1.807) is 0 Å². The molecule has 5 nitrogen and oxygen atoms in total. The minimum atomic E-state index is 0.248. The van der Waals surface area contributed by atoms with E-state index < -0.39 is 0 Å². The highest BCUT2D eigenvalue weighted by Gasteiger charge is 2.21. The molecular formula is C18H24N4O. The standard InChI is InChI=1S/C18H24N4O/c1-14-17(15(2)20-19-14)8-9-18(23)22-12-10-21(11-13-22)16-6-4-3-5-7-16/h3-7H,8-13H2,1-2H3,(H,19,20). The number of hydrogen-bond acceptors (Lipinski definition) is 3. The molecule has 0 saturated carbocycles. The van der Waals surface area contributed by atoms with Crippen LogP contribution in [0.2, 0.25) is 0 Å². The van der Waals surface area contributed by atoms with Crippen molar-refractivity contribution in [2.45, 2.75) is 26.7 Å². The molecule has 1 aliphatic rings. The Balaban J connectivity index is 1.50. The maximum absolute atomic E-state index is 12.4. The summed E-state index contributed by atoms with van der Waals surface area (Å²) >= 11 is 0. The van der Waals surface area contributed by atoms with Crippen molar-refractivity contribution in [3.63, 3.8) is 0 Å². The molecule has 122 valence electrons. The van der Waals surface area contributed by atoms with Crippen LogP contribution in [0.1, 0.15) is 23.4 Å². The van der Waals surface area contributed by atoms with Crippen LogP contribution in [0.3, 0.4) is 0 Å². The number of nitrogens with zero attached hydrogens (tertiary/aromatic N) is 3. The van der Waals surface area contributed by atoms with Crippen LogP contribution in [0, 0.1) is 13.8 Å². The van der Waals surface area contributed by atoms with E-state index in [4.69, 9.17) is 0 Å². The van der Waals surface area contributed by atoms with Gasteiger partial charge in [0.15, 0.2) is 0 Å². The SMILES string of the molecule is Cc1n[nH]c(C)c1CCC(=O)N1CCN(c2ccccc2)CC1. The van der Waals surface area contributed by atoms with Gasteiger partial charge < -0.3 is 9.80 Å². The summed E-state index contributed by atoms with van der Waals surface area (Å²) in [5.41, 5.74) is 4.50. The maximum atomic E-state index is 12.4.